The van der Waals surface area contributed by atoms with E-state index >= 15 is 0 Å². The molecule has 1 fully saturated rings. The summed E-state index contributed by atoms with van der Waals surface area (Å²) in [5.74, 6) is 0. The van der Waals surface area contributed by atoms with Crippen molar-refractivity contribution >= 4 is 5.69 Å². The predicted molar refractivity (Wildman–Crippen MR) is 48.4 cm³/mol. The number of halogens is 2. The molecule has 1 aromatic rings. The Morgan fingerprint density at radius 3 is 2.08 bits per heavy atom. The highest BCUT2D eigenvalue weighted by atomic mass is 19.2. The van der Waals surface area contributed by atoms with Gasteiger partial charge in [0.25, 0.3) is 0 Å². The van der Waals surface area contributed by atoms with Crippen LogP contribution >= 0.6 is 0 Å². The summed E-state index contributed by atoms with van der Waals surface area (Å²) in [4.78, 5) is 1.73. The van der Waals surface area contributed by atoms with Gasteiger partial charge in [0.1, 0.15) is 0 Å². The fourth-order valence-corrected chi connectivity index (χ4v) is 1.57. The number of alkyl halides is 2. The first-order chi connectivity index (χ1) is 6.27. The van der Waals surface area contributed by atoms with Gasteiger partial charge in [0, 0.05) is 5.69 Å². The quantitative estimate of drug-likeness (QED) is 0.645. The van der Waals surface area contributed by atoms with E-state index in [9.17, 15) is 8.78 Å². The molecule has 1 aliphatic heterocycles. The van der Waals surface area contributed by atoms with Crippen LogP contribution in [0.4, 0.5) is 14.5 Å². The van der Waals surface area contributed by atoms with Crippen molar-refractivity contribution in [3.05, 3.63) is 30.3 Å². The van der Waals surface area contributed by atoms with Crippen molar-refractivity contribution in [2.24, 2.45) is 0 Å². The molecule has 1 saturated heterocycles. The van der Waals surface area contributed by atoms with Crippen molar-refractivity contribution in [1.82, 2.24) is 0 Å². The molecule has 2 rings (SSSR count). The Hall–Kier alpha value is -1.12. The summed E-state index contributed by atoms with van der Waals surface area (Å²) in [5.41, 5.74) is 0.894. The van der Waals surface area contributed by atoms with E-state index in [1.54, 1.807) is 4.90 Å². The smallest absolute Gasteiger partial charge is 0.150 e. The number of hydrogen-bond donors (Lipinski definition) is 0. The van der Waals surface area contributed by atoms with Gasteiger partial charge >= 0.3 is 0 Å². The average Bonchev–Trinajstić information content (AvgIpc) is 2.49. The number of para-hydroxylation sites is 1. The zero-order valence-corrected chi connectivity index (χ0v) is 7.16. The van der Waals surface area contributed by atoms with E-state index in [0.29, 0.717) is 0 Å². The standard InChI is InChI=1S/C10H11F2N/c11-9-6-13(7-10(9)12)8-4-2-1-3-5-8/h1-5,9-10H,6-7H2/t9-,10-/m1/s1. The molecule has 0 aliphatic carbocycles. The highest BCUT2D eigenvalue weighted by Gasteiger charge is 2.32. The average molecular weight is 183 g/mol. The maximum absolute atomic E-state index is 12.8. The number of anilines is 1. The normalized spacial score (nSPS) is 28.0. The molecule has 3 heteroatoms. The van der Waals surface area contributed by atoms with E-state index in [2.05, 4.69) is 0 Å². The highest BCUT2D eigenvalue weighted by molar-refractivity contribution is 5.47. The van der Waals surface area contributed by atoms with Gasteiger partial charge in [-0.05, 0) is 12.1 Å². The Bertz CT molecular complexity index is 266. The van der Waals surface area contributed by atoms with Gasteiger partial charge in [-0.25, -0.2) is 8.78 Å². The molecular formula is C10H11F2N. The molecule has 1 nitrogen and oxygen atoms in total. The molecule has 0 saturated carbocycles. The molecule has 0 unspecified atom stereocenters. The molecule has 0 radical (unpaired) electrons. The maximum atomic E-state index is 12.8. The molecule has 0 spiro atoms. The number of hydrogen-bond acceptors (Lipinski definition) is 1. The van der Waals surface area contributed by atoms with Gasteiger partial charge < -0.3 is 4.90 Å². The fraction of sp³-hybridized carbons (Fsp3) is 0.400. The molecule has 70 valence electrons. The first-order valence-electron chi connectivity index (χ1n) is 4.35. The van der Waals surface area contributed by atoms with Gasteiger partial charge in [-0.3, -0.25) is 0 Å². The van der Waals surface area contributed by atoms with E-state index in [-0.39, 0.29) is 13.1 Å². The van der Waals surface area contributed by atoms with Gasteiger partial charge in [0.05, 0.1) is 13.1 Å². The summed E-state index contributed by atoms with van der Waals surface area (Å²) in [6.45, 7) is 0.344. The third-order valence-electron chi connectivity index (χ3n) is 2.30. The molecule has 0 amide bonds. The third kappa shape index (κ3) is 1.64. The third-order valence-corrected chi connectivity index (χ3v) is 2.30. The van der Waals surface area contributed by atoms with Crippen molar-refractivity contribution in [3.8, 4) is 0 Å². The Morgan fingerprint density at radius 2 is 1.54 bits per heavy atom. The number of rotatable bonds is 1. The fourth-order valence-electron chi connectivity index (χ4n) is 1.57. The summed E-state index contributed by atoms with van der Waals surface area (Å²) in [5, 5.41) is 0. The summed E-state index contributed by atoms with van der Waals surface area (Å²) >= 11 is 0. The summed E-state index contributed by atoms with van der Waals surface area (Å²) in [6.07, 6.45) is -2.67. The lowest BCUT2D eigenvalue weighted by molar-refractivity contribution is 0.217. The van der Waals surface area contributed by atoms with E-state index in [4.69, 9.17) is 0 Å². The summed E-state index contributed by atoms with van der Waals surface area (Å²) in [6, 6.07) is 9.36. The van der Waals surface area contributed by atoms with Crippen molar-refractivity contribution in [1.29, 1.82) is 0 Å². The van der Waals surface area contributed by atoms with Gasteiger partial charge in [0.2, 0.25) is 0 Å². The Kier molecular flexibility index (Phi) is 2.17. The first-order valence-corrected chi connectivity index (χ1v) is 4.35. The van der Waals surface area contributed by atoms with Crippen LogP contribution in [0, 0.1) is 0 Å². The van der Waals surface area contributed by atoms with Gasteiger partial charge in [-0.1, -0.05) is 18.2 Å². The van der Waals surface area contributed by atoms with Crippen molar-refractivity contribution in [3.63, 3.8) is 0 Å². The number of benzene rings is 1. The topological polar surface area (TPSA) is 3.24 Å². The van der Waals surface area contributed by atoms with Crippen LogP contribution in [-0.4, -0.2) is 25.4 Å². The Morgan fingerprint density at radius 1 is 1.00 bits per heavy atom. The molecule has 13 heavy (non-hydrogen) atoms. The van der Waals surface area contributed by atoms with Crippen LogP contribution in [0.3, 0.4) is 0 Å². The van der Waals surface area contributed by atoms with Gasteiger partial charge in [-0.15, -0.1) is 0 Å². The minimum absolute atomic E-state index is 0.172. The van der Waals surface area contributed by atoms with Crippen LogP contribution < -0.4 is 4.90 Å². The first kappa shape index (κ1) is 8.48. The molecule has 0 aromatic heterocycles. The molecular weight excluding hydrogens is 172 g/mol. The van der Waals surface area contributed by atoms with Crippen LogP contribution in [0.25, 0.3) is 0 Å². The van der Waals surface area contributed by atoms with Crippen molar-refractivity contribution in [2.45, 2.75) is 12.3 Å². The van der Waals surface area contributed by atoms with Crippen molar-refractivity contribution in [2.75, 3.05) is 18.0 Å². The summed E-state index contributed by atoms with van der Waals surface area (Å²) in [7, 11) is 0. The predicted octanol–water partition coefficient (Wildman–Crippen LogP) is 2.18. The largest absolute Gasteiger partial charge is 0.365 e. The van der Waals surface area contributed by atoms with Gasteiger partial charge in [-0.2, -0.15) is 0 Å². The second kappa shape index (κ2) is 3.32. The molecule has 1 aromatic carbocycles. The minimum atomic E-state index is -1.33. The van der Waals surface area contributed by atoms with Crippen LogP contribution in [0.5, 0.6) is 0 Å². The van der Waals surface area contributed by atoms with Crippen LogP contribution in [0.15, 0.2) is 30.3 Å². The van der Waals surface area contributed by atoms with Crippen molar-refractivity contribution < 1.29 is 8.78 Å². The molecule has 0 N–H and O–H groups in total. The SMILES string of the molecule is F[C@@H]1CN(c2ccccc2)C[C@H]1F. The van der Waals surface area contributed by atoms with E-state index in [1.807, 2.05) is 30.3 Å². The molecule has 0 bridgehead atoms. The lowest BCUT2D eigenvalue weighted by Crippen LogP contribution is -2.19. The maximum Gasteiger partial charge on any atom is 0.150 e. The number of nitrogens with zero attached hydrogens (tertiary/aromatic N) is 1. The monoisotopic (exact) mass is 183 g/mol. The molecule has 1 aliphatic rings. The zero-order valence-electron chi connectivity index (χ0n) is 7.16. The van der Waals surface area contributed by atoms with E-state index < -0.39 is 12.3 Å². The molecule has 1 heterocycles. The second-order valence-corrected chi connectivity index (χ2v) is 3.27. The highest BCUT2D eigenvalue weighted by Crippen LogP contribution is 2.23. The van der Waals surface area contributed by atoms with E-state index in [0.717, 1.165) is 5.69 Å². The lowest BCUT2D eigenvalue weighted by atomic mass is 10.3. The minimum Gasteiger partial charge on any atom is -0.365 e. The Labute approximate surface area is 76.0 Å². The van der Waals surface area contributed by atoms with Crippen LogP contribution in [-0.2, 0) is 0 Å². The second-order valence-electron chi connectivity index (χ2n) is 3.27. The molecule has 2 atom stereocenters. The van der Waals surface area contributed by atoms with Crippen LogP contribution in [0.1, 0.15) is 0 Å². The lowest BCUT2D eigenvalue weighted by Gasteiger charge is -2.16. The Balaban J connectivity index is 2.12. The summed E-state index contributed by atoms with van der Waals surface area (Å²) < 4.78 is 25.7. The zero-order chi connectivity index (χ0) is 9.26. The van der Waals surface area contributed by atoms with Crippen LogP contribution in [0.2, 0.25) is 0 Å². The van der Waals surface area contributed by atoms with Gasteiger partial charge in [0.15, 0.2) is 12.3 Å². The van der Waals surface area contributed by atoms with E-state index in [1.165, 1.54) is 0 Å².